The van der Waals surface area contributed by atoms with Crippen molar-refractivity contribution in [2.24, 2.45) is 5.92 Å². The summed E-state index contributed by atoms with van der Waals surface area (Å²) in [6.07, 6.45) is 3.68. The number of hydrogen-bond donors (Lipinski definition) is 3. The topological polar surface area (TPSA) is 89.9 Å². The van der Waals surface area contributed by atoms with Gasteiger partial charge in [0.2, 0.25) is 0 Å². The zero-order valence-corrected chi connectivity index (χ0v) is 11.6. The number of aliphatic carboxylic acids is 1. The fraction of sp³-hybridized carbons (Fsp3) is 0.833. The lowest BCUT2D eigenvalue weighted by atomic mass is 9.86. The monoisotopic (exact) mass is 288 g/mol. The van der Waals surface area contributed by atoms with E-state index in [-0.39, 0.29) is 24.6 Å². The van der Waals surface area contributed by atoms with E-state index in [1.165, 1.54) is 16.7 Å². The molecule has 0 spiro atoms. The highest BCUT2D eigenvalue weighted by atomic mass is 32.2. The average Bonchev–Trinajstić information content (AvgIpc) is 2.88. The SMILES string of the molecule is O=C(O)[C@@H]1CSCN1C(=O)NC1CCCC(CO)C1. The van der Waals surface area contributed by atoms with Crippen LogP contribution in [0.15, 0.2) is 0 Å². The number of nitrogens with zero attached hydrogens (tertiary/aromatic N) is 1. The molecule has 6 nitrogen and oxygen atoms in total. The Balaban J connectivity index is 1.88. The molecule has 1 aliphatic heterocycles. The third kappa shape index (κ3) is 3.54. The van der Waals surface area contributed by atoms with Crippen LogP contribution < -0.4 is 5.32 Å². The lowest BCUT2D eigenvalue weighted by Crippen LogP contribution is -2.50. The summed E-state index contributed by atoms with van der Waals surface area (Å²) in [4.78, 5) is 24.5. The minimum Gasteiger partial charge on any atom is -0.480 e. The van der Waals surface area contributed by atoms with E-state index in [2.05, 4.69) is 5.32 Å². The Hall–Kier alpha value is -0.950. The standard InChI is InChI=1S/C12H20N2O4S/c15-5-8-2-1-3-9(4-8)13-12(18)14-7-19-6-10(14)11(16)17/h8-10,15H,1-7H2,(H,13,18)(H,16,17)/t8?,9?,10-/m0/s1. The summed E-state index contributed by atoms with van der Waals surface area (Å²) in [7, 11) is 0. The van der Waals surface area contributed by atoms with Gasteiger partial charge in [-0.05, 0) is 25.2 Å². The molecule has 3 atom stereocenters. The van der Waals surface area contributed by atoms with E-state index in [9.17, 15) is 9.59 Å². The number of carbonyl (C=O) groups is 2. The number of rotatable bonds is 3. The highest BCUT2D eigenvalue weighted by molar-refractivity contribution is 7.99. The van der Waals surface area contributed by atoms with Crippen molar-refractivity contribution in [1.82, 2.24) is 10.2 Å². The second kappa shape index (κ2) is 6.47. The molecule has 0 aromatic rings. The highest BCUT2D eigenvalue weighted by Crippen LogP contribution is 2.25. The van der Waals surface area contributed by atoms with Crippen LogP contribution in [0.4, 0.5) is 4.79 Å². The Morgan fingerprint density at radius 3 is 2.84 bits per heavy atom. The third-order valence-corrected chi connectivity index (χ3v) is 4.81. The van der Waals surface area contributed by atoms with Crippen molar-refractivity contribution in [3.63, 3.8) is 0 Å². The largest absolute Gasteiger partial charge is 0.480 e. The van der Waals surface area contributed by atoms with Crippen molar-refractivity contribution in [3.8, 4) is 0 Å². The summed E-state index contributed by atoms with van der Waals surface area (Å²) in [6.45, 7) is 0.156. The van der Waals surface area contributed by atoms with Gasteiger partial charge in [0.1, 0.15) is 6.04 Å². The molecule has 1 heterocycles. The van der Waals surface area contributed by atoms with Gasteiger partial charge in [0, 0.05) is 18.4 Å². The van der Waals surface area contributed by atoms with E-state index < -0.39 is 12.0 Å². The lowest BCUT2D eigenvalue weighted by molar-refractivity contribution is -0.140. The molecule has 7 heteroatoms. The maximum absolute atomic E-state index is 12.1. The van der Waals surface area contributed by atoms with Crippen LogP contribution >= 0.6 is 11.8 Å². The molecule has 2 unspecified atom stereocenters. The van der Waals surface area contributed by atoms with Crippen molar-refractivity contribution in [1.29, 1.82) is 0 Å². The van der Waals surface area contributed by atoms with Gasteiger partial charge in [-0.15, -0.1) is 11.8 Å². The Kier molecular flexibility index (Phi) is 4.93. The van der Waals surface area contributed by atoms with E-state index in [0.29, 0.717) is 11.6 Å². The number of thioether (sulfide) groups is 1. The van der Waals surface area contributed by atoms with E-state index in [0.717, 1.165) is 25.7 Å². The zero-order chi connectivity index (χ0) is 13.8. The first-order chi connectivity index (χ1) is 9.11. The van der Waals surface area contributed by atoms with Crippen LogP contribution in [-0.2, 0) is 4.79 Å². The normalized spacial score (nSPS) is 31.2. The minimum atomic E-state index is -0.947. The number of carboxylic acids is 1. The molecule has 1 aliphatic carbocycles. The van der Waals surface area contributed by atoms with Crippen LogP contribution in [0.3, 0.4) is 0 Å². The maximum atomic E-state index is 12.1. The molecule has 3 N–H and O–H groups in total. The van der Waals surface area contributed by atoms with Gasteiger partial charge in [0.15, 0.2) is 0 Å². The molecule has 0 aromatic carbocycles. The van der Waals surface area contributed by atoms with Crippen LogP contribution in [0.5, 0.6) is 0 Å². The van der Waals surface area contributed by atoms with Gasteiger partial charge in [-0.1, -0.05) is 6.42 Å². The third-order valence-electron chi connectivity index (χ3n) is 3.80. The Labute approximate surface area is 116 Å². The van der Waals surface area contributed by atoms with E-state index in [1.54, 1.807) is 0 Å². The first kappa shape index (κ1) is 14.5. The number of carbonyl (C=O) groups excluding carboxylic acids is 1. The second-order valence-corrected chi connectivity index (χ2v) is 6.19. The van der Waals surface area contributed by atoms with Gasteiger partial charge in [-0.2, -0.15) is 0 Å². The molecule has 2 amide bonds. The summed E-state index contributed by atoms with van der Waals surface area (Å²) < 4.78 is 0. The van der Waals surface area contributed by atoms with E-state index >= 15 is 0 Å². The second-order valence-electron chi connectivity index (χ2n) is 5.19. The smallest absolute Gasteiger partial charge is 0.327 e. The van der Waals surface area contributed by atoms with Crippen LogP contribution in [0.1, 0.15) is 25.7 Å². The fourth-order valence-electron chi connectivity index (χ4n) is 2.69. The van der Waals surface area contributed by atoms with Crippen LogP contribution in [-0.4, -0.2) is 57.4 Å². The Morgan fingerprint density at radius 2 is 2.16 bits per heavy atom. The van der Waals surface area contributed by atoms with Gasteiger partial charge in [-0.3, -0.25) is 0 Å². The number of aliphatic hydroxyl groups excluding tert-OH is 1. The lowest BCUT2D eigenvalue weighted by Gasteiger charge is -2.31. The van der Waals surface area contributed by atoms with Crippen LogP contribution in [0.2, 0.25) is 0 Å². The quantitative estimate of drug-likeness (QED) is 0.711. The predicted octanol–water partition coefficient (Wildman–Crippen LogP) is 0.707. The average molecular weight is 288 g/mol. The minimum absolute atomic E-state index is 0.0541. The van der Waals surface area contributed by atoms with Crippen molar-refractivity contribution in [3.05, 3.63) is 0 Å². The molecule has 108 valence electrons. The molecule has 0 bridgehead atoms. The summed E-state index contributed by atoms with van der Waals surface area (Å²) in [6, 6.07) is -0.957. The molecular weight excluding hydrogens is 268 g/mol. The Morgan fingerprint density at radius 1 is 1.37 bits per heavy atom. The van der Waals surface area contributed by atoms with Crippen LogP contribution in [0.25, 0.3) is 0 Å². The summed E-state index contributed by atoms with van der Waals surface area (Å²) in [5, 5.41) is 21.1. The number of hydrogen-bond acceptors (Lipinski definition) is 4. The van der Waals surface area contributed by atoms with E-state index in [4.69, 9.17) is 10.2 Å². The van der Waals surface area contributed by atoms with Gasteiger partial charge < -0.3 is 20.4 Å². The van der Waals surface area contributed by atoms with E-state index in [1.807, 2.05) is 0 Å². The molecular formula is C12H20N2O4S. The number of urea groups is 1. The van der Waals surface area contributed by atoms with Crippen LogP contribution in [0, 0.1) is 5.92 Å². The molecule has 2 rings (SSSR count). The number of aliphatic hydroxyl groups is 1. The highest BCUT2D eigenvalue weighted by Gasteiger charge is 2.35. The maximum Gasteiger partial charge on any atom is 0.327 e. The molecule has 1 saturated carbocycles. The van der Waals surface area contributed by atoms with Crippen molar-refractivity contribution in [2.45, 2.75) is 37.8 Å². The molecule has 2 aliphatic rings. The molecule has 0 aromatic heterocycles. The molecule has 19 heavy (non-hydrogen) atoms. The van der Waals surface area contributed by atoms with Crippen molar-refractivity contribution in [2.75, 3.05) is 18.2 Å². The first-order valence-electron chi connectivity index (χ1n) is 6.60. The number of carboxylic acid groups (broad SMARTS) is 1. The Bertz CT molecular complexity index is 353. The summed E-state index contributed by atoms with van der Waals surface area (Å²) >= 11 is 1.46. The zero-order valence-electron chi connectivity index (χ0n) is 10.7. The van der Waals surface area contributed by atoms with Crippen molar-refractivity contribution < 1.29 is 19.8 Å². The molecule has 2 fully saturated rings. The van der Waals surface area contributed by atoms with Gasteiger partial charge in [-0.25, -0.2) is 9.59 Å². The van der Waals surface area contributed by atoms with Gasteiger partial charge in [0.25, 0.3) is 0 Å². The first-order valence-corrected chi connectivity index (χ1v) is 7.76. The van der Waals surface area contributed by atoms with Gasteiger partial charge in [0.05, 0.1) is 5.88 Å². The molecule has 0 radical (unpaired) electrons. The van der Waals surface area contributed by atoms with Gasteiger partial charge >= 0.3 is 12.0 Å². The number of nitrogens with one attached hydrogen (secondary N) is 1. The van der Waals surface area contributed by atoms with Crippen molar-refractivity contribution >= 4 is 23.8 Å². The predicted molar refractivity (Wildman–Crippen MR) is 72.0 cm³/mol. The molecule has 1 saturated heterocycles. The number of amides is 2. The summed E-state index contributed by atoms with van der Waals surface area (Å²) in [5.74, 6) is 0.185. The fourth-order valence-corrected chi connectivity index (χ4v) is 3.84. The summed E-state index contributed by atoms with van der Waals surface area (Å²) in [5.41, 5.74) is 0.